The number of rotatable bonds is 27. The lowest BCUT2D eigenvalue weighted by molar-refractivity contribution is 0.0485. The summed E-state index contributed by atoms with van der Waals surface area (Å²) in [6.45, 7) is 14.7. The van der Waals surface area contributed by atoms with Crippen LogP contribution in [0.3, 0.4) is 0 Å². The molecule has 9 heteroatoms. The van der Waals surface area contributed by atoms with Crippen LogP contribution >= 0.6 is 0 Å². The van der Waals surface area contributed by atoms with Crippen molar-refractivity contribution in [1.82, 2.24) is 0 Å². The van der Waals surface area contributed by atoms with E-state index in [0.717, 1.165) is 123 Å². The third-order valence-electron chi connectivity index (χ3n) is 10.1. The van der Waals surface area contributed by atoms with Crippen LogP contribution in [-0.2, 0) is 14.2 Å². The molecular weight excluding hydrogens is 721 g/mol. The molecule has 0 unspecified atom stereocenters. The van der Waals surface area contributed by atoms with Crippen molar-refractivity contribution in [3.05, 3.63) is 53.1 Å². The topological polar surface area (TPSA) is 107 Å². The molecule has 0 saturated carbocycles. The van der Waals surface area contributed by atoms with Crippen molar-refractivity contribution in [1.29, 1.82) is 0 Å². The molecule has 0 atom stereocenters. The second-order valence-corrected chi connectivity index (χ2v) is 14.8. The lowest BCUT2D eigenvalue weighted by atomic mass is 9.90. The Hall–Kier alpha value is -4.53. The maximum absolute atomic E-state index is 13.8. The summed E-state index contributed by atoms with van der Waals surface area (Å²) in [7, 11) is 0. The quantitative estimate of drug-likeness (QED) is 0.0253. The maximum Gasteiger partial charge on any atom is 0.341 e. The first-order valence-corrected chi connectivity index (χ1v) is 21.8. The highest BCUT2D eigenvalue weighted by Gasteiger charge is 2.25. The second kappa shape index (κ2) is 24.3. The zero-order chi connectivity index (χ0) is 41.0. The number of unbranched alkanes of at least 4 members (excludes halogenated alkanes) is 9. The van der Waals surface area contributed by atoms with E-state index in [-0.39, 0.29) is 6.61 Å². The molecule has 0 N–H and O–H groups in total. The highest BCUT2D eigenvalue weighted by atomic mass is 16.5. The predicted molar refractivity (Wildman–Crippen MR) is 230 cm³/mol. The molecule has 0 spiro atoms. The van der Waals surface area contributed by atoms with Crippen LogP contribution in [0.2, 0.25) is 0 Å². The van der Waals surface area contributed by atoms with E-state index in [9.17, 15) is 14.4 Å². The lowest BCUT2D eigenvalue weighted by Gasteiger charge is -2.20. The molecule has 4 aromatic rings. The molecule has 0 fully saturated rings. The lowest BCUT2D eigenvalue weighted by Crippen LogP contribution is -2.11. The normalized spacial score (nSPS) is 11.3. The molecule has 0 radical (unpaired) electrons. The SMILES string of the molecule is CCCCCOc1cc2c3cc(OCCCCC)c(C(=O)OCCCC)cc3c3cc(C(=O)OCCCC)c(OCCCCC)cc3c2cc1C(=O)OCCCC. The van der Waals surface area contributed by atoms with Crippen LogP contribution in [0.5, 0.6) is 17.2 Å². The van der Waals surface area contributed by atoms with Crippen molar-refractivity contribution in [2.45, 2.75) is 138 Å². The Kier molecular flexibility index (Phi) is 19.2. The molecule has 0 heterocycles. The summed E-state index contributed by atoms with van der Waals surface area (Å²) in [5.41, 5.74) is 0.948. The molecule has 0 amide bonds. The predicted octanol–water partition coefficient (Wildman–Crippen LogP) is 12.7. The average Bonchev–Trinajstić information content (AvgIpc) is 3.22. The summed E-state index contributed by atoms with van der Waals surface area (Å²) in [5, 5.41) is 4.49. The van der Waals surface area contributed by atoms with Gasteiger partial charge >= 0.3 is 17.9 Å². The number of hydrogen-bond acceptors (Lipinski definition) is 9. The fourth-order valence-electron chi connectivity index (χ4n) is 6.68. The monoisotopic (exact) mass is 786 g/mol. The fourth-order valence-corrected chi connectivity index (χ4v) is 6.68. The Morgan fingerprint density at radius 3 is 0.825 bits per heavy atom. The molecule has 0 aromatic heterocycles. The van der Waals surface area contributed by atoms with Gasteiger partial charge in [-0.25, -0.2) is 14.4 Å². The smallest absolute Gasteiger partial charge is 0.341 e. The second-order valence-electron chi connectivity index (χ2n) is 14.8. The van der Waals surface area contributed by atoms with E-state index in [4.69, 9.17) is 28.4 Å². The van der Waals surface area contributed by atoms with Gasteiger partial charge in [-0.2, -0.15) is 0 Å². The summed E-state index contributed by atoms with van der Waals surface area (Å²) >= 11 is 0. The minimum Gasteiger partial charge on any atom is -0.493 e. The van der Waals surface area contributed by atoms with Crippen molar-refractivity contribution in [3.63, 3.8) is 0 Å². The van der Waals surface area contributed by atoms with E-state index in [2.05, 4.69) is 27.7 Å². The highest BCUT2D eigenvalue weighted by molar-refractivity contribution is 6.28. The van der Waals surface area contributed by atoms with Crippen molar-refractivity contribution in [3.8, 4) is 17.2 Å². The highest BCUT2D eigenvalue weighted by Crippen LogP contribution is 2.43. The number of carbonyl (C=O) groups is 3. The molecule has 0 aliphatic heterocycles. The fraction of sp³-hybridized carbons (Fsp3) is 0.562. The van der Waals surface area contributed by atoms with Gasteiger partial charge in [0.1, 0.15) is 33.9 Å². The van der Waals surface area contributed by atoms with Gasteiger partial charge < -0.3 is 28.4 Å². The van der Waals surface area contributed by atoms with Gasteiger partial charge in [-0.05, 0) is 107 Å². The van der Waals surface area contributed by atoms with Gasteiger partial charge in [0.2, 0.25) is 0 Å². The maximum atomic E-state index is 13.8. The minimum absolute atomic E-state index is 0.290. The van der Waals surface area contributed by atoms with Gasteiger partial charge in [0.15, 0.2) is 0 Å². The summed E-state index contributed by atoms with van der Waals surface area (Å²) < 4.78 is 36.4. The molecule has 0 aliphatic carbocycles. The van der Waals surface area contributed by atoms with Crippen LogP contribution < -0.4 is 14.2 Å². The standard InChI is InChI=1S/C48H66O9/c1-7-13-19-25-52-43-31-37-34(28-40(43)46(49)55-22-16-10-4)35-29-41(47(50)56-23-17-11-5)44(53-26-20-14-8-2)32-38(35)39-33-45(54-27-21-15-9-3)42(30-36(37)39)48(51)57-24-18-12-6/h28-33H,7-27H2,1-6H3. The van der Waals surface area contributed by atoms with Gasteiger partial charge in [-0.1, -0.05) is 99.3 Å². The Balaban J connectivity index is 2.11. The van der Waals surface area contributed by atoms with Gasteiger partial charge in [0, 0.05) is 0 Å². The molecule has 4 aromatic carbocycles. The first-order valence-electron chi connectivity index (χ1n) is 21.8. The van der Waals surface area contributed by atoms with Crippen LogP contribution in [0.25, 0.3) is 32.3 Å². The van der Waals surface area contributed by atoms with Crippen LogP contribution in [0.4, 0.5) is 0 Å². The van der Waals surface area contributed by atoms with E-state index >= 15 is 0 Å². The Morgan fingerprint density at radius 2 is 0.579 bits per heavy atom. The van der Waals surface area contributed by atoms with Gasteiger partial charge in [0.25, 0.3) is 0 Å². The van der Waals surface area contributed by atoms with Crippen LogP contribution in [-0.4, -0.2) is 57.5 Å². The number of ether oxygens (including phenoxy) is 6. The van der Waals surface area contributed by atoms with E-state index in [0.29, 0.717) is 72.4 Å². The van der Waals surface area contributed by atoms with Crippen LogP contribution in [0.15, 0.2) is 36.4 Å². The van der Waals surface area contributed by atoms with Crippen molar-refractivity contribution < 1.29 is 42.8 Å². The summed E-state index contributed by atoms with van der Waals surface area (Å²) in [5.74, 6) is -0.144. The molecule has 0 aliphatic rings. The molecule has 4 rings (SSSR count). The third-order valence-corrected chi connectivity index (χ3v) is 10.1. The van der Waals surface area contributed by atoms with Crippen molar-refractivity contribution in [2.75, 3.05) is 39.6 Å². The first kappa shape index (κ1) is 45.2. The van der Waals surface area contributed by atoms with Crippen molar-refractivity contribution in [2.24, 2.45) is 0 Å². The number of hydrogen-bond donors (Lipinski definition) is 0. The first-order chi connectivity index (χ1) is 27.8. The van der Waals surface area contributed by atoms with Crippen molar-refractivity contribution >= 4 is 50.2 Å². The van der Waals surface area contributed by atoms with Gasteiger partial charge in [-0.15, -0.1) is 0 Å². The van der Waals surface area contributed by atoms with Gasteiger partial charge in [0.05, 0.1) is 39.6 Å². The zero-order valence-electron chi connectivity index (χ0n) is 35.5. The summed E-state index contributed by atoms with van der Waals surface area (Å²) in [6.07, 6.45) is 13.5. The Bertz CT molecular complexity index is 1910. The molecular formula is C48H66O9. The Morgan fingerprint density at radius 1 is 0.333 bits per heavy atom. The Labute approximate surface area is 340 Å². The van der Waals surface area contributed by atoms with E-state index in [1.54, 1.807) is 0 Å². The minimum atomic E-state index is -0.477. The van der Waals surface area contributed by atoms with E-state index < -0.39 is 17.9 Å². The number of fused-ring (bicyclic) bond motifs is 6. The van der Waals surface area contributed by atoms with Crippen LogP contribution in [0.1, 0.15) is 169 Å². The number of carbonyl (C=O) groups excluding carboxylic acids is 3. The molecule has 0 saturated heterocycles. The van der Waals surface area contributed by atoms with E-state index in [1.165, 1.54) is 0 Å². The molecule has 0 bridgehead atoms. The largest absolute Gasteiger partial charge is 0.493 e. The van der Waals surface area contributed by atoms with Crippen LogP contribution in [0, 0.1) is 0 Å². The number of benzene rings is 4. The molecule has 57 heavy (non-hydrogen) atoms. The summed E-state index contributed by atoms with van der Waals surface area (Å²) in [4.78, 5) is 41.4. The molecule has 312 valence electrons. The average molecular weight is 787 g/mol. The number of esters is 3. The summed E-state index contributed by atoms with van der Waals surface area (Å²) in [6, 6.07) is 11.2. The molecule has 9 nitrogen and oxygen atoms in total. The van der Waals surface area contributed by atoms with E-state index in [1.807, 2.05) is 50.2 Å². The zero-order valence-corrected chi connectivity index (χ0v) is 35.5. The third kappa shape index (κ3) is 12.5. The van der Waals surface area contributed by atoms with Gasteiger partial charge in [-0.3, -0.25) is 0 Å².